The Bertz CT molecular complexity index is 1030. The molecule has 0 fully saturated rings. The number of imidazole rings is 2. The van der Waals surface area contributed by atoms with E-state index in [1.807, 2.05) is 25.1 Å². The van der Waals surface area contributed by atoms with E-state index in [-0.39, 0.29) is 0 Å². The monoisotopic (exact) mass is 295 g/mol. The van der Waals surface area contributed by atoms with Crippen LogP contribution in [0.5, 0.6) is 11.5 Å². The quantitative estimate of drug-likeness (QED) is 0.569. The van der Waals surface area contributed by atoms with Crippen molar-refractivity contribution in [1.29, 1.82) is 0 Å². The van der Waals surface area contributed by atoms with Crippen LogP contribution in [0, 0.1) is 13.8 Å². The van der Waals surface area contributed by atoms with Crippen LogP contribution in [-0.2, 0) is 0 Å². The van der Waals surface area contributed by atoms with Gasteiger partial charge in [0.25, 0.3) is 0 Å². The van der Waals surface area contributed by atoms with E-state index >= 15 is 0 Å². The van der Waals surface area contributed by atoms with Gasteiger partial charge in [0.15, 0.2) is 0 Å². The summed E-state index contributed by atoms with van der Waals surface area (Å²) in [6, 6.07) is 5.92. The second-order valence-corrected chi connectivity index (χ2v) is 5.49. The number of aromatic nitrogens is 3. The number of nitrogens with zero attached hydrogens (tertiary/aromatic N) is 3. The Morgan fingerprint density at radius 1 is 0.955 bits per heavy atom. The molecule has 1 aromatic carbocycles. The molecule has 0 amide bonds. The van der Waals surface area contributed by atoms with Gasteiger partial charge in [-0.3, -0.25) is 8.80 Å². The normalized spacial score (nSPS) is 11.6. The van der Waals surface area contributed by atoms with E-state index in [1.54, 1.807) is 14.2 Å². The van der Waals surface area contributed by atoms with Crippen LogP contribution in [0.4, 0.5) is 0 Å². The molecule has 4 aromatic rings. The Kier molecular flexibility index (Phi) is 2.60. The lowest BCUT2D eigenvalue weighted by atomic mass is 10.1. The molecule has 5 nitrogen and oxygen atoms in total. The van der Waals surface area contributed by atoms with Crippen LogP contribution in [0.25, 0.3) is 22.3 Å². The van der Waals surface area contributed by atoms with E-state index in [2.05, 4.69) is 28.1 Å². The maximum atomic E-state index is 5.52. The average Bonchev–Trinajstić information content (AvgIpc) is 3.04. The highest BCUT2D eigenvalue weighted by atomic mass is 16.5. The highest BCUT2D eigenvalue weighted by molar-refractivity contribution is 5.83. The number of hydrogen-bond donors (Lipinski definition) is 0. The summed E-state index contributed by atoms with van der Waals surface area (Å²) in [5.74, 6) is 2.65. The summed E-state index contributed by atoms with van der Waals surface area (Å²) in [5, 5.41) is 0. The molecule has 0 saturated carbocycles. The molecule has 0 aliphatic heterocycles. The average molecular weight is 295 g/mol. The van der Waals surface area contributed by atoms with Crippen molar-refractivity contribution in [2.24, 2.45) is 0 Å². The zero-order valence-electron chi connectivity index (χ0n) is 13.0. The van der Waals surface area contributed by atoms with E-state index in [9.17, 15) is 0 Å². The van der Waals surface area contributed by atoms with Crippen molar-refractivity contribution in [3.05, 3.63) is 41.7 Å². The number of hydrogen-bond acceptors (Lipinski definition) is 3. The fourth-order valence-corrected chi connectivity index (χ4v) is 3.16. The van der Waals surface area contributed by atoms with Crippen molar-refractivity contribution in [3.8, 4) is 11.5 Å². The SMILES string of the molecule is COc1ccc2nc3n4cc(C)c(OC)c(C)c4cn3c2c1. The number of ether oxygens (including phenoxy) is 2. The van der Waals surface area contributed by atoms with E-state index < -0.39 is 0 Å². The van der Waals surface area contributed by atoms with Crippen LogP contribution in [-0.4, -0.2) is 28.0 Å². The third kappa shape index (κ3) is 1.56. The molecule has 0 atom stereocenters. The van der Waals surface area contributed by atoms with Gasteiger partial charge in [-0.1, -0.05) is 0 Å². The van der Waals surface area contributed by atoms with Gasteiger partial charge in [-0.2, -0.15) is 0 Å². The van der Waals surface area contributed by atoms with E-state index in [0.717, 1.165) is 45.0 Å². The molecule has 0 aliphatic rings. The number of aryl methyl sites for hydroxylation is 2. The number of pyridine rings is 1. The fraction of sp³-hybridized carbons (Fsp3) is 0.235. The molecule has 22 heavy (non-hydrogen) atoms. The van der Waals surface area contributed by atoms with Gasteiger partial charge in [0.2, 0.25) is 5.78 Å². The fourth-order valence-electron chi connectivity index (χ4n) is 3.16. The molecule has 0 N–H and O–H groups in total. The van der Waals surface area contributed by atoms with Crippen molar-refractivity contribution in [1.82, 2.24) is 13.8 Å². The summed E-state index contributed by atoms with van der Waals surface area (Å²) in [6.07, 6.45) is 4.17. The molecule has 0 aliphatic carbocycles. The predicted molar refractivity (Wildman–Crippen MR) is 86.2 cm³/mol. The Hall–Kier alpha value is -2.69. The largest absolute Gasteiger partial charge is 0.497 e. The van der Waals surface area contributed by atoms with Gasteiger partial charge in [0, 0.05) is 29.6 Å². The van der Waals surface area contributed by atoms with Crippen molar-refractivity contribution in [2.75, 3.05) is 14.2 Å². The number of methoxy groups -OCH3 is 2. The van der Waals surface area contributed by atoms with Gasteiger partial charge in [-0.25, -0.2) is 4.98 Å². The van der Waals surface area contributed by atoms with Gasteiger partial charge >= 0.3 is 0 Å². The Morgan fingerprint density at radius 2 is 1.73 bits per heavy atom. The lowest BCUT2D eigenvalue weighted by Gasteiger charge is -2.09. The maximum Gasteiger partial charge on any atom is 0.219 e. The topological polar surface area (TPSA) is 40.2 Å². The van der Waals surface area contributed by atoms with Gasteiger partial charge in [0.05, 0.1) is 30.8 Å². The van der Waals surface area contributed by atoms with Gasteiger partial charge < -0.3 is 9.47 Å². The molecule has 0 unspecified atom stereocenters. The minimum Gasteiger partial charge on any atom is -0.497 e. The second kappa shape index (κ2) is 4.40. The maximum absolute atomic E-state index is 5.52. The lowest BCUT2D eigenvalue weighted by molar-refractivity contribution is 0.408. The number of rotatable bonds is 2. The van der Waals surface area contributed by atoms with E-state index in [1.165, 1.54) is 0 Å². The third-order valence-corrected chi connectivity index (χ3v) is 4.21. The Morgan fingerprint density at radius 3 is 2.45 bits per heavy atom. The highest BCUT2D eigenvalue weighted by Gasteiger charge is 2.15. The summed E-state index contributed by atoms with van der Waals surface area (Å²) in [5.41, 5.74) is 5.29. The standard InChI is InChI=1S/C17H17N3O2/c1-10-8-19-15(11(2)16(10)22-4)9-20-14-7-12(21-3)5-6-13(14)18-17(19)20/h5-9H,1-4H3. The molecule has 0 spiro atoms. The third-order valence-electron chi connectivity index (χ3n) is 4.21. The predicted octanol–water partition coefficient (Wildman–Crippen LogP) is 3.37. The van der Waals surface area contributed by atoms with Crippen LogP contribution in [0.1, 0.15) is 11.1 Å². The second-order valence-electron chi connectivity index (χ2n) is 5.49. The summed E-state index contributed by atoms with van der Waals surface area (Å²) < 4.78 is 15.1. The summed E-state index contributed by atoms with van der Waals surface area (Å²) in [4.78, 5) is 4.75. The molecule has 3 aromatic heterocycles. The van der Waals surface area contributed by atoms with Crippen molar-refractivity contribution < 1.29 is 9.47 Å². The van der Waals surface area contributed by atoms with Crippen molar-refractivity contribution in [3.63, 3.8) is 0 Å². The van der Waals surface area contributed by atoms with Crippen molar-refractivity contribution >= 4 is 22.3 Å². The highest BCUT2D eigenvalue weighted by Crippen LogP contribution is 2.30. The van der Waals surface area contributed by atoms with E-state index in [4.69, 9.17) is 14.5 Å². The summed E-state index contributed by atoms with van der Waals surface area (Å²) >= 11 is 0. The van der Waals surface area contributed by atoms with Gasteiger partial charge in [-0.15, -0.1) is 0 Å². The Labute approximate surface area is 127 Å². The molecule has 3 heterocycles. The first kappa shape index (κ1) is 13.0. The van der Waals surface area contributed by atoms with Crippen molar-refractivity contribution in [2.45, 2.75) is 13.8 Å². The zero-order valence-corrected chi connectivity index (χ0v) is 13.0. The number of benzene rings is 1. The first-order valence-electron chi connectivity index (χ1n) is 7.15. The van der Waals surface area contributed by atoms with Gasteiger partial charge in [0.1, 0.15) is 11.5 Å². The molecule has 4 rings (SSSR count). The van der Waals surface area contributed by atoms with E-state index in [0.29, 0.717) is 0 Å². The molecule has 0 radical (unpaired) electrons. The zero-order chi connectivity index (χ0) is 15.4. The van der Waals surface area contributed by atoms with Crippen LogP contribution >= 0.6 is 0 Å². The minimum atomic E-state index is 0.829. The minimum absolute atomic E-state index is 0.829. The Balaban J connectivity index is 2.16. The molecule has 112 valence electrons. The molecule has 0 saturated heterocycles. The van der Waals surface area contributed by atoms with Crippen LogP contribution < -0.4 is 9.47 Å². The first-order chi connectivity index (χ1) is 10.6. The molecule has 0 bridgehead atoms. The number of fused-ring (bicyclic) bond motifs is 5. The van der Waals surface area contributed by atoms with Gasteiger partial charge in [-0.05, 0) is 26.0 Å². The lowest BCUT2D eigenvalue weighted by Crippen LogP contribution is -1.96. The summed E-state index contributed by atoms with van der Waals surface area (Å²) in [7, 11) is 3.38. The van der Waals surface area contributed by atoms with Crippen LogP contribution in [0.3, 0.4) is 0 Å². The first-order valence-corrected chi connectivity index (χ1v) is 7.15. The molecular weight excluding hydrogens is 278 g/mol. The molecule has 5 heteroatoms. The molecular formula is C17H17N3O2. The summed E-state index contributed by atoms with van der Waals surface area (Å²) in [6.45, 7) is 4.12. The smallest absolute Gasteiger partial charge is 0.219 e. The van der Waals surface area contributed by atoms with Crippen LogP contribution in [0.15, 0.2) is 30.6 Å². The van der Waals surface area contributed by atoms with Crippen LogP contribution in [0.2, 0.25) is 0 Å².